The molecular weight excluding hydrogens is 208 g/mol. The van der Waals surface area contributed by atoms with E-state index in [1.807, 2.05) is 19.3 Å². The number of hydrogen-bond acceptors (Lipinski definition) is 2. The maximum absolute atomic E-state index is 4.32. The predicted octanol–water partition coefficient (Wildman–Crippen LogP) is 3.25. The molecule has 17 heavy (non-hydrogen) atoms. The highest BCUT2D eigenvalue weighted by Gasteiger charge is 1.97. The highest BCUT2D eigenvalue weighted by molar-refractivity contribution is 5.81. The third-order valence-electron chi connectivity index (χ3n) is 2.86. The van der Waals surface area contributed by atoms with Crippen molar-refractivity contribution in [1.29, 1.82) is 0 Å². The fraction of sp³-hybridized carbons (Fsp3) is 0.267. The average molecular weight is 226 g/mol. The molecule has 0 saturated carbocycles. The van der Waals surface area contributed by atoms with Gasteiger partial charge in [0, 0.05) is 18.1 Å². The van der Waals surface area contributed by atoms with E-state index >= 15 is 0 Å². The highest BCUT2D eigenvalue weighted by Crippen LogP contribution is 2.16. The van der Waals surface area contributed by atoms with E-state index in [4.69, 9.17) is 0 Å². The number of nitrogens with one attached hydrogen (secondary N) is 1. The molecule has 0 spiro atoms. The van der Waals surface area contributed by atoms with Crippen molar-refractivity contribution in [2.45, 2.75) is 13.3 Å². The van der Waals surface area contributed by atoms with E-state index in [9.17, 15) is 0 Å². The number of nitrogens with zero attached hydrogens (tertiary/aromatic N) is 1. The molecule has 0 aliphatic carbocycles. The van der Waals surface area contributed by atoms with Gasteiger partial charge in [0.1, 0.15) is 0 Å². The highest BCUT2D eigenvalue weighted by atomic mass is 14.8. The van der Waals surface area contributed by atoms with Gasteiger partial charge in [0.2, 0.25) is 0 Å². The van der Waals surface area contributed by atoms with E-state index in [1.54, 1.807) is 0 Å². The molecule has 0 radical (unpaired) electrons. The van der Waals surface area contributed by atoms with Crippen LogP contribution in [0.15, 0.2) is 42.1 Å². The lowest BCUT2D eigenvalue weighted by atomic mass is 10.1. The van der Waals surface area contributed by atoms with Crippen LogP contribution in [0, 0.1) is 0 Å². The van der Waals surface area contributed by atoms with Crippen LogP contribution >= 0.6 is 0 Å². The van der Waals surface area contributed by atoms with Crippen molar-refractivity contribution in [1.82, 2.24) is 10.3 Å². The number of likely N-dealkylation sites (N-methyl/N-ethyl adjacent to an activating group) is 1. The second-order valence-electron chi connectivity index (χ2n) is 4.14. The molecule has 0 fully saturated rings. The Bertz CT molecular complexity index is 529. The standard InChI is InChI=1S/C15H18N2/c1-3-12(11-16-2)9-13-6-7-15-14(10-13)5-4-8-17-15/h4-10,16H,3,11H2,1-2H3. The summed E-state index contributed by atoms with van der Waals surface area (Å²) in [4.78, 5) is 4.32. The lowest BCUT2D eigenvalue weighted by molar-refractivity contribution is 0.851. The van der Waals surface area contributed by atoms with E-state index in [0.717, 1.165) is 18.5 Å². The molecule has 1 heterocycles. The molecule has 0 atom stereocenters. The van der Waals surface area contributed by atoms with Gasteiger partial charge in [-0.1, -0.05) is 30.7 Å². The summed E-state index contributed by atoms with van der Waals surface area (Å²) in [5.41, 5.74) is 3.71. The predicted molar refractivity (Wildman–Crippen MR) is 73.9 cm³/mol. The Hall–Kier alpha value is -1.67. The van der Waals surface area contributed by atoms with Crippen LogP contribution in [-0.4, -0.2) is 18.6 Å². The number of fused-ring (bicyclic) bond motifs is 1. The Morgan fingerprint density at radius 1 is 1.35 bits per heavy atom. The van der Waals surface area contributed by atoms with Crippen LogP contribution in [0.25, 0.3) is 17.0 Å². The van der Waals surface area contributed by atoms with Gasteiger partial charge in [-0.15, -0.1) is 0 Å². The van der Waals surface area contributed by atoms with Crippen molar-refractivity contribution in [3.05, 3.63) is 47.7 Å². The minimum Gasteiger partial charge on any atom is -0.316 e. The molecule has 2 rings (SSSR count). The summed E-state index contributed by atoms with van der Waals surface area (Å²) in [6, 6.07) is 10.5. The van der Waals surface area contributed by atoms with Crippen molar-refractivity contribution < 1.29 is 0 Å². The Kier molecular flexibility index (Phi) is 3.89. The Morgan fingerprint density at radius 3 is 3.00 bits per heavy atom. The quantitative estimate of drug-likeness (QED) is 0.865. The molecule has 1 N–H and O–H groups in total. The first-order valence-corrected chi connectivity index (χ1v) is 6.02. The Morgan fingerprint density at radius 2 is 2.24 bits per heavy atom. The number of rotatable bonds is 4. The molecule has 0 amide bonds. The van der Waals surface area contributed by atoms with Gasteiger partial charge in [-0.25, -0.2) is 0 Å². The normalized spacial score (nSPS) is 12.0. The van der Waals surface area contributed by atoms with Gasteiger partial charge >= 0.3 is 0 Å². The lowest BCUT2D eigenvalue weighted by Gasteiger charge is -2.04. The largest absolute Gasteiger partial charge is 0.316 e. The van der Waals surface area contributed by atoms with Gasteiger partial charge in [0.15, 0.2) is 0 Å². The van der Waals surface area contributed by atoms with Gasteiger partial charge in [-0.05, 0) is 37.2 Å². The van der Waals surface area contributed by atoms with Crippen molar-refractivity contribution >= 4 is 17.0 Å². The smallest absolute Gasteiger partial charge is 0.0702 e. The SMILES string of the molecule is CCC(=Cc1ccc2ncccc2c1)CNC. The first-order chi connectivity index (χ1) is 8.33. The monoisotopic (exact) mass is 226 g/mol. The van der Waals surface area contributed by atoms with Crippen LogP contribution in [0.4, 0.5) is 0 Å². The molecule has 0 unspecified atom stereocenters. The summed E-state index contributed by atoms with van der Waals surface area (Å²) >= 11 is 0. The molecule has 88 valence electrons. The summed E-state index contributed by atoms with van der Waals surface area (Å²) in [6.45, 7) is 3.13. The van der Waals surface area contributed by atoms with Crippen LogP contribution < -0.4 is 5.32 Å². The van der Waals surface area contributed by atoms with Crippen LogP contribution in [-0.2, 0) is 0 Å². The van der Waals surface area contributed by atoms with Crippen molar-refractivity contribution in [3.8, 4) is 0 Å². The zero-order valence-corrected chi connectivity index (χ0v) is 10.4. The summed E-state index contributed by atoms with van der Waals surface area (Å²) in [6.07, 6.45) is 5.16. The van der Waals surface area contributed by atoms with Gasteiger partial charge in [-0.2, -0.15) is 0 Å². The molecule has 0 saturated heterocycles. The van der Waals surface area contributed by atoms with Crippen LogP contribution in [0.5, 0.6) is 0 Å². The molecule has 2 aromatic rings. The van der Waals surface area contributed by atoms with E-state index < -0.39 is 0 Å². The third-order valence-corrected chi connectivity index (χ3v) is 2.86. The Balaban J connectivity index is 2.35. The molecule has 0 aliphatic heterocycles. The molecule has 1 aromatic carbocycles. The van der Waals surface area contributed by atoms with Crippen LogP contribution in [0.3, 0.4) is 0 Å². The summed E-state index contributed by atoms with van der Waals surface area (Å²) in [7, 11) is 1.98. The Labute approximate surface area is 102 Å². The van der Waals surface area contributed by atoms with Crippen molar-refractivity contribution in [2.75, 3.05) is 13.6 Å². The summed E-state index contributed by atoms with van der Waals surface area (Å²) < 4.78 is 0. The lowest BCUT2D eigenvalue weighted by Crippen LogP contribution is -2.09. The van der Waals surface area contributed by atoms with E-state index in [1.165, 1.54) is 16.5 Å². The number of benzene rings is 1. The molecule has 2 nitrogen and oxygen atoms in total. The maximum Gasteiger partial charge on any atom is 0.0702 e. The minimum absolute atomic E-state index is 0.946. The molecule has 0 aliphatic rings. The molecule has 1 aromatic heterocycles. The molecular formula is C15H18N2. The number of hydrogen-bond donors (Lipinski definition) is 1. The topological polar surface area (TPSA) is 24.9 Å². The zero-order valence-electron chi connectivity index (χ0n) is 10.4. The van der Waals surface area contributed by atoms with Gasteiger partial charge < -0.3 is 5.32 Å². The summed E-state index contributed by atoms with van der Waals surface area (Å²) in [5.74, 6) is 0. The summed E-state index contributed by atoms with van der Waals surface area (Å²) in [5, 5.41) is 4.39. The first kappa shape index (κ1) is 11.8. The van der Waals surface area contributed by atoms with Crippen LogP contribution in [0.2, 0.25) is 0 Å². The van der Waals surface area contributed by atoms with E-state index in [-0.39, 0.29) is 0 Å². The fourth-order valence-corrected chi connectivity index (χ4v) is 1.92. The van der Waals surface area contributed by atoms with E-state index in [2.05, 4.69) is 47.6 Å². The van der Waals surface area contributed by atoms with E-state index in [0.29, 0.717) is 0 Å². The second-order valence-corrected chi connectivity index (χ2v) is 4.14. The second kappa shape index (κ2) is 5.60. The van der Waals surface area contributed by atoms with Crippen molar-refractivity contribution in [3.63, 3.8) is 0 Å². The van der Waals surface area contributed by atoms with Gasteiger partial charge in [0.05, 0.1) is 5.52 Å². The van der Waals surface area contributed by atoms with Crippen LogP contribution in [0.1, 0.15) is 18.9 Å². The first-order valence-electron chi connectivity index (χ1n) is 6.02. The third kappa shape index (κ3) is 2.92. The number of pyridine rings is 1. The molecule has 0 bridgehead atoms. The fourth-order valence-electron chi connectivity index (χ4n) is 1.92. The maximum atomic E-state index is 4.32. The average Bonchev–Trinajstić information content (AvgIpc) is 2.38. The minimum atomic E-state index is 0.946. The number of aromatic nitrogens is 1. The zero-order chi connectivity index (χ0) is 12.1. The van der Waals surface area contributed by atoms with Gasteiger partial charge in [0.25, 0.3) is 0 Å². The molecule has 2 heteroatoms. The van der Waals surface area contributed by atoms with Gasteiger partial charge in [-0.3, -0.25) is 4.98 Å². The van der Waals surface area contributed by atoms with Crippen molar-refractivity contribution in [2.24, 2.45) is 0 Å².